The van der Waals surface area contributed by atoms with Crippen molar-refractivity contribution in [2.45, 2.75) is 141 Å². The standard InChI is InChI=1S/C34H58N4O6/c1-11-17-37-31(3,4)21-25(22-32(37,5)6)35(27(39)29(41)42)19-15-13-14-16-20-36(28(40)30(43)44)26-23-33(7,8)38(18-12-2)34(9,10)24-26/h11-12,25-26H,1-2,13-24H2,3-10H3,(H,41,42)(H,43,44). The Hall–Kier alpha value is -2.72. The molecule has 2 heterocycles. The fourth-order valence-corrected chi connectivity index (χ4v) is 8.28. The molecule has 10 heteroatoms. The first-order chi connectivity index (χ1) is 20.2. The zero-order valence-electron chi connectivity index (χ0n) is 28.5. The molecule has 2 rings (SSSR count). The number of piperidine rings is 2. The lowest BCUT2D eigenvalue weighted by Crippen LogP contribution is -2.65. The molecule has 0 saturated carbocycles. The van der Waals surface area contributed by atoms with Crippen molar-refractivity contribution in [1.29, 1.82) is 0 Å². The monoisotopic (exact) mass is 618 g/mol. The van der Waals surface area contributed by atoms with Crippen LogP contribution >= 0.6 is 0 Å². The molecule has 2 N–H and O–H groups in total. The van der Waals surface area contributed by atoms with Gasteiger partial charge >= 0.3 is 23.8 Å². The van der Waals surface area contributed by atoms with Gasteiger partial charge < -0.3 is 20.0 Å². The molecule has 0 aromatic carbocycles. The van der Waals surface area contributed by atoms with Crippen molar-refractivity contribution in [1.82, 2.24) is 19.6 Å². The molecule has 0 bridgehead atoms. The molecule has 0 aromatic heterocycles. The molecule has 2 saturated heterocycles. The molecular formula is C34H58N4O6. The minimum atomic E-state index is -1.44. The molecule has 0 aliphatic carbocycles. The molecule has 0 spiro atoms. The number of amides is 2. The zero-order valence-corrected chi connectivity index (χ0v) is 28.5. The summed E-state index contributed by atoms with van der Waals surface area (Å²) in [5, 5.41) is 19.2. The van der Waals surface area contributed by atoms with E-state index in [1.165, 1.54) is 0 Å². The van der Waals surface area contributed by atoms with E-state index < -0.39 is 23.8 Å². The van der Waals surface area contributed by atoms with Crippen LogP contribution in [-0.2, 0) is 19.2 Å². The molecule has 44 heavy (non-hydrogen) atoms. The van der Waals surface area contributed by atoms with Gasteiger partial charge in [0.2, 0.25) is 0 Å². The van der Waals surface area contributed by atoms with E-state index in [1.54, 1.807) is 9.80 Å². The second-order valence-corrected chi connectivity index (χ2v) is 15.2. The van der Waals surface area contributed by atoms with Gasteiger partial charge in [0.25, 0.3) is 0 Å². The van der Waals surface area contributed by atoms with Gasteiger partial charge in [-0.3, -0.25) is 19.4 Å². The van der Waals surface area contributed by atoms with Gasteiger partial charge in [0, 0.05) is 60.4 Å². The SMILES string of the molecule is C=CCN1C(C)(C)CC(N(CCCCCCN(C(=O)C(=O)O)C2CC(C)(C)N(CC=C)C(C)(C)C2)C(=O)C(=O)O)CC1(C)C. The third kappa shape index (κ3) is 8.93. The largest absolute Gasteiger partial charge is 0.474 e. The number of rotatable bonds is 13. The highest BCUT2D eigenvalue weighted by molar-refractivity contribution is 6.31. The first-order valence-electron chi connectivity index (χ1n) is 16.1. The van der Waals surface area contributed by atoms with Gasteiger partial charge in [0.1, 0.15) is 0 Å². The number of unbranched alkanes of at least 4 members (excludes halogenated alkanes) is 3. The van der Waals surface area contributed by atoms with Gasteiger partial charge in [-0.25, -0.2) is 9.59 Å². The smallest absolute Gasteiger partial charge is 0.394 e. The summed E-state index contributed by atoms with van der Waals surface area (Å²) < 4.78 is 0. The Balaban J connectivity index is 2.06. The second-order valence-electron chi connectivity index (χ2n) is 15.2. The minimum Gasteiger partial charge on any atom is -0.474 e. The first-order valence-corrected chi connectivity index (χ1v) is 16.1. The summed E-state index contributed by atoms with van der Waals surface area (Å²) in [5.74, 6) is -4.63. The van der Waals surface area contributed by atoms with Gasteiger partial charge in [-0.05, 0) is 93.9 Å². The van der Waals surface area contributed by atoms with Crippen LogP contribution < -0.4 is 0 Å². The Bertz CT molecular complexity index is 962. The van der Waals surface area contributed by atoms with Crippen LogP contribution in [0.1, 0.15) is 107 Å². The molecule has 0 atom stereocenters. The number of nitrogens with zero attached hydrogens (tertiary/aromatic N) is 4. The van der Waals surface area contributed by atoms with Gasteiger partial charge in [-0.1, -0.05) is 25.0 Å². The number of carbonyl (C=O) groups is 4. The number of aliphatic carboxylic acids is 2. The number of carboxylic acids is 2. The highest BCUT2D eigenvalue weighted by Gasteiger charge is 2.48. The Morgan fingerprint density at radius 2 is 0.886 bits per heavy atom. The van der Waals surface area contributed by atoms with Crippen LogP contribution in [-0.4, -0.2) is 114 Å². The number of hydrogen-bond donors (Lipinski definition) is 2. The van der Waals surface area contributed by atoms with Gasteiger partial charge in [-0.15, -0.1) is 13.2 Å². The van der Waals surface area contributed by atoms with Crippen LogP contribution in [0.3, 0.4) is 0 Å². The first kappa shape index (κ1) is 37.5. The molecule has 2 amide bonds. The lowest BCUT2D eigenvalue weighted by Gasteiger charge is -2.56. The van der Waals surface area contributed by atoms with E-state index in [2.05, 4.69) is 78.3 Å². The van der Waals surface area contributed by atoms with E-state index in [4.69, 9.17) is 0 Å². The van der Waals surface area contributed by atoms with E-state index in [0.717, 1.165) is 12.8 Å². The van der Waals surface area contributed by atoms with Crippen LogP contribution in [0.2, 0.25) is 0 Å². The third-order valence-corrected chi connectivity index (χ3v) is 9.80. The number of hydrogen-bond acceptors (Lipinski definition) is 6. The summed E-state index contributed by atoms with van der Waals surface area (Å²) in [5.41, 5.74) is -0.989. The maximum absolute atomic E-state index is 12.9. The molecule has 2 aliphatic rings. The lowest BCUT2D eigenvalue weighted by atomic mass is 9.76. The normalized spacial score (nSPS) is 21.7. The van der Waals surface area contributed by atoms with Gasteiger partial charge in [0.15, 0.2) is 0 Å². The Morgan fingerprint density at radius 1 is 0.614 bits per heavy atom. The van der Waals surface area contributed by atoms with Crippen molar-refractivity contribution in [3.63, 3.8) is 0 Å². The molecule has 250 valence electrons. The highest BCUT2D eigenvalue weighted by atomic mass is 16.4. The number of carboxylic acid groups (broad SMARTS) is 2. The van der Waals surface area contributed by atoms with Crippen molar-refractivity contribution in [2.24, 2.45) is 0 Å². The van der Waals surface area contributed by atoms with Gasteiger partial charge in [0.05, 0.1) is 0 Å². The van der Waals surface area contributed by atoms with E-state index in [0.29, 0.717) is 64.7 Å². The molecule has 2 fully saturated rings. The third-order valence-electron chi connectivity index (χ3n) is 9.80. The topological polar surface area (TPSA) is 122 Å². The van der Waals surface area contributed by atoms with Crippen molar-refractivity contribution in [2.75, 3.05) is 26.2 Å². The van der Waals surface area contributed by atoms with Crippen molar-refractivity contribution >= 4 is 23.8 Å². The summed E-state index contributed by atoms with van der Waals surface area (Å²) in [7, 11) is 0. The Kier molecular flexibility index (Phi) is 12.4. The Morgan fingerprint density at radius 3 is 1.11 bits per heavy atom. The molecule has 2 aliphatic heterocycles. The van der Waals surface area contributed by atoms with Crippen LogP contribution in [0.25, 0.3) is 0 Å². The quantitative estimate of drug-likeness (QED) is 0.172. The lowest BCUT2D eigenvalue weighted by molar-refractivity contribution is -0.160. The molecule has 10 nitrogen and oxygen atoms in total. The summed E-state index contributed by atoms with van der Waals surface area (Å²) in [6.07, 6.45) is 9.11. The second kappa shape index (κ2) is 14.6. The maximum Gasteiger partial charge on any atom is 0.394 e. The fourth-order valence-electron chi connectivity index (χ4n) is 8.28. The summed E-state index contributed by atoms with van der Waals surface area (Å²) >= 11 is 0. The number of likely N-dealkylation sites (tertiary alicyclic amines) is 2. The predicted octanol–water partition coefficient (Wildman–Crippen LogP) is 4.79. The molecule has 0 radical (unpaired) electrons. The van der Waals surface area contributed by atoms with Crippen LogP contribution in [0.5, 0.6) is 0 Å². The predicted molar refractivity (Wildman–Crippen MR) is 173 cm³/mol. The zero-order chi connectivity index (χ0) is 33.7. The summed E-state index contributed by atoms with van der Waals surface area (Å²) in [6, 6.07) is -0.404. The average Bonchev–Trinajstić information content (AvgIpc) is 2.88. The van der Waals surface area contributed by atoms with Crippen LogP contribution in [0.4, 0.5) is 0 Å². The van der Waals surface area contributed by atoms with E-state index in [-0.39, 0.29) is 34.2 Å². The van der Waals surface area contributed by atoms with Crippen LogP contribution in [0, 0.1) is 0 Å². The minimum absolute atomic E-state index is 0.202. The summed E-state index contributed by atoms with van der Waals surface area (Å²) in [4.78, 5) is 57.1. The van der Waals surface area contributed by atoms with Crippen molar-refractivity contribution < 1.29 is 29.4 Å². The maximum atomic E-state index is 12.9. The van der Waals surface area contributed by atoms with Crippen molar-refractivity contribution in [3.8, 4) is 0 Å². The van der Waals surface area contributed by atoms with Crippen LogP contribution in [0.15, 0.2) is 25.3 Å². The fraction of sp³-hybridized carbons (Fsp3) is 0.765. The van der Waals surface area contributed by atoms with E-state index in [9.17, 15) is 29.4 Å². The van der Waals surface area contributed by atoms with Crippen molar-refractivity contribution in [3.05, 3.63) is 25.3 Å². The molecule has 0 unspecified atom stereocenters. The van der Waals surface area contributed by atoms with E-state index >= 15 is 0 Å². The highest BCUT2D eigenvalue weighted by Crippen LogP contribution is 2.41. The average molecular weight is 619 g/mol. The molecule has 0 aromatic rings. The number of carbonyl (C=O) groups excluding carboxylic acids is 2. The van der Waals surface area contributed by atoms with E-state index in [1.807, 2.05) is 12.2 Å². The molecular weight excluding hydrogens is 560 g/mol. The summed E-state index contributed by atoms with van der Waals surface area (Å²) in [6.45, 7) is 26.9. The Labute approximate surface area is 265 Å². The van der Waals surface area contributed by atoms with Gasteiger partial charge in [-0.2, -0.15) is 0 Å².